The minimum absolute atomic E-state index is 0.0250. The lowest BCUT2D eigenvalue weighted by Gasteiger charge is -2.20. The van der Waals surface area contributed by atoms with Crippen LogP contribution in [0.15, 0.2) is 42.5 Å². The third-order valence-corrected chi connectivity index (χ3v) is 4.85. The third kappa shape index (κ3) is 2.95. The van der Waals surface area contributed by atoms with E-state index < -0.39 is 22.9 Å². The number of benzene rings is 2. The molecule has 0 saturated heterocycles. The standard InChI is InChI=1S/C21H21FN2O3/c1-20(2,3)27-19(26)23-16-11-14-17(12-15(16)22)24(13-7-5-4-6-8-13)18(25)21(14)9-10-21/h4-8,11-12H,9-10H2,1-3H3,(H,23,26). The van der Waals surface area contributed by atoms with Crippen LogP contribution in [-0.2, 0) is 14.9 Å². The number of nitrogens with zero attached hydrogens (tertiary/aromatic N) is 1. The second-order valence-electron chi connectivity index (χ2n) is 8.03. The summed E-state index contributed by atoms with van der Waals surface area (Å²) >= 11 is 0. The van der Waals surface area contributed by atoms with E-state index in [-0.39, 0.29) is 11.6 Å². The number of halogens is 1. The van der Waals surface area contributed by atoms with E-state index in [0.29, 0.717) is 11.4 Å². The fourth-order valence-corrected chi connectivity index (χ4v) is 3.52. The van der Waals surface area contributed by atoms with Gasteiger partial charge in [0, 0.05) is 11.8 Å². The first-order valence-electron chi connectivity index (χ1n) is 8.95. The number of ether oxygens (including phenoxy) is 1. The van der Waals surface area contributed by atoms with E-state index in [0.717, 1.165) is 18.4 Å². The summed E-state index contributed by atoms with van der Waals surface area (Å²) in [5.74, 6) is -0.649. The van der Waals surface area contributed by atoms with Crippen LogP contribution in [0.5, 0.6) is 0 Å². The monoisotopic (exact) mass is 368 g/mol. The van der Waals surface area contributed by atoms with E-state index >= 15 is 0 Å². The molecule has 4 rings (SSSR count). The molecule has 0 radical (unpaired) electrons. The van der Waals surface area contributed by atoms with Gasteiger partial charge in [0.15, 0.2) is 0 Å². The summed E-state index contributed by atoms with van der Waals surface area (Å²) in [6.07, 6.45) is 0.717. The summed E-state index contributed by atoms with van der Waals surface area (Å²) in [7, 11) is 0. The van der Waals surface area contributed by atoms with E-state index in [1.54, 1.807) is 31.7 Å². The average molecular weight is 368 g/mol. The van der Waals surface area contributed by atoms with Crippen LogP contribution < -0.4 is 10.2 Å². The highest BCUT2D eigenvalue weighted by atomic mass is 19.1. The molecule has 1 spiro atoms. The second-order valence-corrected chi connectivity index (χ2v) is 8.03. The predicted molar refractivity (Wildman–Crippen MR) is 101 cm³/mol. The van der Waals surface area contributed by atoms with Crippen molar-refractivity contribution in [3.8, 4) is 0 Å². The SMILES string of the molecule is CC(C)(C)OC(=O)Nc1cc2c(cc1F)N(c1ccccc1)C(=O)C21CC1. The molecule has 0 atom stereocenters. The van der Waals surface area contributed by atoms with Crippen LogP contribution >= 0.6 is 0 Å². The number of para-hydroxylation sites is 1. The Labute approximate surface area is 157 Å². The van der Waals surface area contributed by atoms with Crippen LogP contribution in [0.2, 0.25) is 0 Å². The molecular weight excluding hydrogens is 347 g/mol. The first-order chi connectivity index (χ1) is 12.7. The van der Waals surface area contributed by atoms with Gasteiger partial charge in [-0.15, -0.1) is 0 Å². The van der Waals surface area contributed by atoms with E-state index in [1.807, 2.05) is 30.3 Å². The van der Waals surface area contributed by atoms with E-state index in [4.69, 9.17) is 4.74 Å². The minimum atomic E-state index is -0.726. The maximum atomic E-state index is 14.7. The van der Waals surface area contributed by atoms with Crippen LogP contribution in [0.1, 0.15) is 39.2 Å². The van der Waals surface area contributed by atoms with Gasteiger partial charge in [0.2, 0.25) is 5.91 Å². The maximum absolute atomic E-state index is 14.7. The summed E-state index contributed by atoms with van der Waals surface area (Å²) in [4.78, 5) is 26.7. The second kappa shape index (κ2) is 5.81. The summed E-state index contributed by atoms with van der Waals surface area (Å²) < 4.78 is 19.9. The quantitative estimate of drug-likeness (QED) is 0.822. The first-order valence-corrected chi connectivity index (χ1v) is 8.95. The van der Waals surface area contributed by atoms with Gasteiger partial charge in [-0.2, -0.15) is 0 Å². The number of rotatable bonds is 2. The number of amides is 2. The molecule has 1 N–H and O–H groups in total. The van der Waals surface area contributed by atoms with Crippen molar-refractivity contribution in [2.75, 3.05) is 10.2 Å². The van der Waals surface area contributed by atoms with Crippen molar-refractivity contribution >= 4 is 29.1 Å². The number of nitrogens with one attached hydrogen (secondary N) is 1. The number of carbonyl (C=O) groups excluding carboxylic acids is 2. The highest BCUT2D eigenvalue weighted by Crippen LogP contribution is 2.59. The number of carbonyl (C=O) groups is 2. The van der Waals surface area contributed by atoms with Crippen molar-refractivity contribution in [2.45, 2.75) is 44.6 Å². The van der Waals surface area contributed by atoms with Crippen molar-refractivity contribution in [1.29, 1.82) is 0 Å². The Balaban J connectivity index is 1.73. The summed E-state index contributed by atoms with van der Waals surface area (Å²) in [6.45, 7) is 5.21. The molecule has 1 aliphatic carbocycles. The van der Waals surface area contributed by atoms with Crippen LogP contribution in [0.3, 0.4) is 0 Å². The average Bonchev–Trinajstić information content (AvgIpc) is 3.34. The van der Waals surface area contributed by atoms with Crippen molar-refractivity contribution in [3.05, 3.63) is 53.8 Å². The lowest BCUT2D eigenvalue weighted by atomic mass is 9.97. The Morgan fingerprint density at radius 3 is 2.44 bits per heavy atom. The summed E-state index contributed by atoms with van der Waals surface area (Å²) in [5, 5.41) is 2.47. The van der Waals surface area contributed by atoms with E-state index in [1.165, 1.54) is 6.07 Å². The lowest BCUT2D eigenvalue weighted by Crippen LogP contribution is -2.27. The van der Waals surface area contributed by atoms with Gasteiger partial charge >= 0.3 is 6.09 Å². The zero-order valence-corrected chi connectivity index (χ0v) is 15.5. The van der Waals surface area contributed by atoms with Crippen LogP contribution in [0.25, 0.3) is 0 Å². The normalized spacial score (nSPS) is 17.0. The number of hydrogen-bond donors (Lipinski definition) is 1. The molecule has 2 amide bonds. The number of hydrogen-bond acceptors (Lipinski definition) is 3. The zero-order valence-electron chi connectivity index (χ0n) is 15.5. The van der Waals surface area contributed by atoms with Crippen molar-refractivity contribution in [2.24, 2.45) is 0 Å². The molecule has 6 heteroatoms. The topological polar surface area (TPSA) is 58.6 Å². The molecule has 1 aliphatic heterocycles. The molecule has 2 aromatic rings. The summed E-state index contributed by atoms with van der Waals surface area (Å²) in [6, 6.07) is 12.1. The Hall–Kier alpha value is -2.89. The molecule has 0 aromatic heterocycles. The predicted octanol–water partition coefficient (Wildman–Crippen LogP) is 4.88. The van der Waals surface area contributed by atoms with Crippen LogP contribution in [0.4, 0.5) is 26.2 Å². The summed E-state index contributed by atoms with van der Waals surface area (Å²) in [5.41, 5.74) is 0.731. The molecule has 1 heterocycles. The molecule has 1 fully saturated rings. The number of anilines is 3. The molecule has 2 aliphatic rings. The van der Waals surface area contributed by atoms with Gasteiger partial charge in [-0.25, -0.2) is 9.18 Å². The van der Waals surface area contributed by atoms with Crippen LogP contribution in [0, 0.1) is 5.82 Å². The smallest absolute Gasteiger partial charge is 0.412 e. The Kier molecular flexibility index (Phi) is 3.77. The van der Waals surface area contributed by atoms with Gasteiger partial charge < -0.3 is 4.74 Å². The van der Waals surface area contributed by atoms with Gasteiger partial charge in [-0.05, 0) is 57.4 Å². The van der Waals surface area contributed by atoms with Gasteiger partial charge in [0.05, 0.1) is 16.8 Å². The fourth-order valence-electron chi connectivity index (χ4n) is 3.52. The molecular formula is C21H21FN2O3. The first kappa shape index (κ1) is 17.5. The van der Waals surface area contributed by atoms with E-state index in [2.05, 4.69) is 5.32 Å². The molecule has 5 nitrogen and oxygen atoms in total. The molecule has 0 bridgehead atoms. The van der Waals surface area contributed by atoms with Gasteiger partial charge in [-0.1, -0.05) is 18.2 Å². The maximum Gasteiger partial charge on any atom is 0.412 e. The number of fused-ring (bicyclic) bond motifs is 2. The minimum Gasteiger partial charge on any atom is -0.444 e. The van der Waals surface area contributed by atoms with Crippen molar-refractivity contribution < 1.29 is 18.7 Å². The van der Waals surface area contributed by atoms with E-state index in [9.17, 15) is 14.0 Å². The lowest BCUT2D eigenvalue weighted by molar-refractivity contribution is -0.119. The van der Waals surface area contributed by atoms with Crippen molar-refractivity contribution in [3.63, 3.8) is 0 Å². The molecule has 27 heavy (non-hydrogen) atoms. The molecule has 1 saturated carbocycles. The Morgan fingerprint density at radius 2 is 1.85 bits per heavy atom. The Morgan fingerprint density at radius 1 is 1.19 bits per heavy atom. The van der Waals surface area contributed by atoms with Gasteiger partial charge in [0.25, 0.3) is 0 Å². The van der Waals surface area contributed by atoms with Gasteiger partial charge in [-0.3, -0.25) is 15.0 Å². The van der Waals surface area contributed by atoms with Crippen molar-refractivity contribution in [1.82, 2.24) is 0 Å². The third-order valence-electron chi connectivity index (χ3n) is 4.85. The fraction of sp³-hybridized carbons (Fsp3) is 0.333. The molecule has 140 valence electrons. The highest BCUT2D eigenvalue weighted by Gasteiger charge is 2.59. The molecule has 2 aromatic carbocycles. The van der Waals surface area contributed by atoms with Gasteiger partial charge in [0.1, 0.15) is 11.4 Å². The van der Waals surface area contributed by atoms with Crippen LogP contribution in [-0.4, -0.2) is 17.6 Å². The largest absolute Gasteiger partial charge is 0.444 e. The highest BCUT2D eigenvalue weighted by molar-refractivity contribution is 6.15. The molecule has 0 unspecified atom stereocenters. The Bertz CT molecular complexity index is 930. The zero-order chi connectivity index (χ0) is 19.4.